The van der Waals surface area contributed by atoms with Crippen LogP contribution < -0.4 is 14.8 Å². The number of esters is 1. The summed E-state index contributed by atoms with van der Waals surface area (Å²) in [6.07, 6.45) is 3.20. The molecule has 0 spiro atoms. The minimum Gasteiger partial charge on any atom is -0.494 e. The average Bonchev–Trinajstić information content (AvgIpc) is 3.48. The molecule has 53 heavy (non-hydrogen) atoms. The first-order valence-electron chi connectivity index (χ1n) is 17.9. The number of aromatic nitrogens is 3. The number of ether oxygens (including phenoxy) is 4. The lowest BCUT2D eigenvalue weighted by molar-refractivity contribution is -0.143. The molecule has 0 bridgehead atoms. The fourth-order valence-electron chi connectivity index (χ4n) is 5.91. The number of methoxy groups -OCH3 is 1. The van der Waals surface area contributed by atoms with Gasteiger partial charge < -0.3 is 24.3 Å². The summed E-state index contributed by atoms with van der Waals surface area (Å²) in [7, 11) is 1.08. The summed E-state index contributed by atoms with van der Waals surface area (Å²) in [4.78, 5) is 24.7. The Morgan fingerprint density at radius 2 is 1.70 bits per heavy atom. The van der Waals surface area contributed by atoms with Crippen molar-refractivity contribution in [3.05, 3.63) is 76.9 Å². The molecule has 288 valence electrons. The number of amides is 1. The Morgan fingerprint density at radius 3 is 2.38 bits per heavy atom. The van der Waals surface area contributed by atoms with Crippen LogP contribution in [0.2, 0.25) is 0 Å². The molecule has 1 aromatic heterocycles. The number of alkyl carbamates (subject to hydrolysis) is 1. The Bertz CT molecular complexity index is 1950. The van der Waals surface area contributed by atoms with Crippen molar-refractivity contribution in [1.82, 2.24) is 24.6 Å². The van der Waals surface area contributed by atoms with Gasteiger partial charge in [0, 0.05) is 33.1 Å². The van der Waals surface area contributed by atoms with E-state index in [4.69, 9.17) is 18.9 Å². The number of fused-ring (bicyclic) bond motifs is 1. The fraction of sp³-hybridized carbons (Fsp3) is 0.487. The van der Waals surface area contributed by atoms with Crippen molar-refractivity contribution in [2.24, 2.45) is 7.05 Å². The molecule has 0 radical (unpaired) electrons. The Labute approximate surface area is 313 Å². The number of nitrogens with zero attached hydrogens (tertiary/aromatic N) is 4. The van der Waals surface area contributed by atoms with Crippen molar-refractivity contribution in [2.75, 3.05) is 33.9 Å². The van der Waals surface area contributed by atoms with Crippen molar-refractivity contribution in [3.8, 4) is 11.5 Å². The molecule has 4 aromatic rings. The van der Waals surface area contributed by atoms with E-state index >= 15 is 0 Å². The second-order valence-electron chi connectivity index (χ2n) is 14.0. The monoisotopic (exact) mass is 751 g/mol. The van der Waals surface area contributed by atoms with Gasteiger partial charge >= 0.3 is 12.1 Å². The van der Waals surface area contributed by atoms with Crippen molar-refractivity contribution < 1.29 is 37.0 Å². The van der Waals surface area contributed by atoms with Crippen molar-refractivity contribution >= 4 is 33.1 Å². The molecule has 0 aliphatic rings. The standard InChI is InChI=1S/C39H53N5O8S/c1-9-50-36(45)25-33(29-23-34-37(35(24-29)49-8)44(7)42-41-34)28-15-14-27(2)30(22-28)26-43(6)53(47,48)32-18-16-31(17-19-32)51-21-13-11-10-12-20-40-38(46)52-39(3,4)5/h14-19,22-24,33H,9-13,20-21,25-26H2,1-8H3,(H,40,46). The van der Waals surface area contributed by atoms with Gasteiger partial charge in [-0.25, -0.2) is 17.9 Å². The number of benzene rings is 3. The molecule has 0 saturated carbocycles. The zero-order chi connectivity index (χ0) is 38.8. The van der Waals surface area contributed by atoms with Crippen LogP contribution in [0.1, 0.15) is 88.0 Å². The summed E-state index contributed by atoms with van der Waals surface area (Å²) in [5.74, 6) is 0.402. The number of sulfonamides is 1. The van der Waals surface area contributed by atoms with Gasteiger partial charge in [-0.3, -0.25) is 4.79 Å². The molecule has 1 heterocycles. The molecule has 0 aliphatic heterocycles. The van der Waals surface area contributed by atoms with Crippen molar-refractivity contribution in [3.63, 3.8) is 0 Å². The molecule has 0 saturated heterocycles. The van der Waals surface area contributed by atoms with Gasteiger partial charge in [0.1, 0.15) is 28.1 Å². The van der Waals surface area contributed by atoms with Crippen LogP contribution in [0.5, 0.6) is 11.5 Å². The Kier molecular flexibility index (Phi) is 14.2. The lowest BCUT2D eigenvalue weighted by Crippen LogP contribution is -2.32. The van der Waals surface area contributed by atoms with E-state index in [2.05, 4.69) is 15.6 Å². The summed E-state index contributed by atoms with van der Waals surface area (Å²) in [6.45, 7) is 10.6. The largest absolute Gasteiger partial charge is 0.494 e. The zero-order valence-corrected chi connectivity index (χ0v) is 32.9. The molecule has 1 amide bonds. The molecule has 4 rings (SSSR count). The average molecular weight is 752 g/mol. The zero-order valence-electron chi connectivity index (χ0n) is 32.1. The molecular weight excluding hydrogens is 699 g/mol. The van der Waals surface area contributed by atoms with E-state index < -0.39 is 27.6 Å². The first-order chi connectivity index (χ1) is 25.1. The molecule has 1 N–H and O–H groups in total. The van der Waals surface area contributed by atoms with Crippen LogP contribution >= 0.6 is 0 Å². The predicted octanol–water partition coefficient (Wildman–Crippen LogP) is 6.66. The van der Waals surface area contributed by atoms with Gasteiger partial charge in [-0.05, 0) is 106 Å². The highest BCUT2D eigenvalue weighted by Crippen LogP contribution is 2.36. The van der Waals surface area contributed by atoms with Crippen LogP contribution in [-0.2, 0) is 37.9 Å². The van der Waals surface area contributed by atoms with Gasteiger partial charge in [-0.1, -0.05) is 36.3 Å². The van der Waals surface area contributed by atoms with Crippen molar-refractivity contribution in [1.29, 1.82) is 0 Å². The smallest absolute Gasteiger partial charge is 0.407 e. The number of nitrogens with one attached hydrogen (secondary N) is 1. The number of rotatable bonds is 18. The van der Waals surface area contributed by atoms with Crippen LogP contribution in [0, 0.1) is 6.92 Å². The number of hydrogen-bond donors (Lipinski definition) is 1. The highest BCUT2D eigenvalue weighted by atomic mass is 32.2. The van der Waals surface area contributed by atoms with Crippen LogP contribution in [-0.4, -0.2) is 79.3 Å². The minimum atomic E-state index is -3.84. The summed E-state index contributed by atoms with van der Waals surface area (Å²) < 4.78 is 52.4. The first-order valence-corrected chi connectivity index (χ1v) is 19.3. The lowest BCUT2D eigenvalue weighted by Gasteiger charge is -2.22. The van der Waals surface area contributed by atoms with E-state index in [1.807, 2.05) is 58.0 Å². The third-order valence-electron chi connectivity index (χ3n) is 8.69. The van der Waals surface area contributed by atoms with E-state index in [0.717, 1.165) is 53.5 Å². The van der Waals surface area contributed by atoms with E-state index in [1.165, 1.54) is 4.31 Å². The molecule has 13 nitrogen and oxygen atoms in total. The maximum Gasteiger partial charge on any atom is 0.407 e. The Balaban J connectivity index is 1.39. The SMILES string of the molecule is CCOC(=O)CC(c1ccc(C)c(CN(C)S(=O)(=O)c2ccc(OCCCCCCNC(=O)OC(C)(C)C)cc2)c1)c1cc(OC)c2c(c1)nnn2C. The summed E-state index contributed by atoms with van der Waals surface area (Å²) >= 11 is 0. The number of carbonyl (C=O) groups excluding carboxylic acids is 2. The normalized spacial score (nSPS) is 12.5. The summed E-state index contributed by atoms with van der Waals surface area (Å²) in [5.41, 5.74) is 4.19. The van der Waals surface area contributed by atoms with Crippen molar-refractivity contribution in [2.45, 2.75) is 89.7 Å². The molecule has 1 atom stereocenters. The van der Waals surface area contributed by atoms with Gasteiger partial charge in [-0.2, -0.15) is 4.31 Å². The fourth-order valence-corrected chi connectivity index (χ4v) is 7.06. The Morgan fingerprint density at radius 1 is 0.981 bits per heavy atom. The maximum atomic E-state index is 13.7. The van der Waals surface area contributed by atoms with E-state index in [-0.39, 0.29) is 30.4 Å². The maximum absolute atomic E-state index is 13.7. The number of carbonyl (C=O) groups is 2. The topological polar surface area (TPSA) is 151 Å². The minimum absolute atomic E-state index is 0.0706. The van der Waals surface area contributed by atoms with Gasteiger partial charge in [0.25, 0.3) is 0 Å². The van der Waals surface area contributed by atoms with E-state index in [0.29, 0.717) is 30.2 Å². The van der Waals surface area contributed by atoms with Gasteiger partial charge in [0.2, 0.25) is 10.0 Å². The molecule has 3 aromatic carbocycles. The molecule has 14 heteroatoms. The highest BCUT2D eigenvalue weighted by molar-refractivity contribution is 7.89. The number of unbranched alkanes of at least 4 members (excludes halogenated alkanes) is 3. The second kappa shape index (κ2) is 18.4. The predicted molar refractivity (Wildman–Crippen MR) is 203 cm³/mol. The third-order valence-corrected chi connectivity index (χ3v) is 10.5. The molecule has 0 aliphatic carbocycles. The van der Waals surface area contributed by atoms with Crippen LogP contribution in [0.25, 0.3) is 11.0 Å². The summed E-state index contributed by atoms with van der Waals surface area (Å²) in [6, 6.07) is 16.1. The highest BCUT2D eigenvalue weighted by Gasteiger charge is 2.25. The molecule has 1 unspecified atom stereocenters. The summed E-state index contributed by atoms with van der Waals surface area (Å²) in [5, 5.41) is 11.2. The van der Waals surface area contributed by atoms with Gasteiger partial charge in [-0.15, -0.1) is 5.10 Å². The van der Waals surface area contributed by atoms with Gasteiger partial charge in [0.05, 0.1) is 31.6 Å². The van der Waals surface area contributed by atoms with Crippen LogP contribution in [0.4, 0.5) is 4.79 Å². The van der Waals surface area contributed by atoms with E-state index in [1.54, 1.807) is 57.1 Å². The third kappa shape index (κ3) is 11.4. The Hall–Kier alpha value is -4.69. The van der Waals surface area contributed by atoms with Crippen LogP contribution in [0.15, 0.2) is 59.5 Å². The number of aryl methyl sites for hydroxylation is 2. The second-order valence-corrected chi connectivity index (χ2v) is 16.0. The first kappa shape index (κ1) is 41.1. The number of hydrogen-bond acceptors (Lipinski definition) is 10. The van der Waals surface area contributed by atoms with Gasteiger partial charge in [0.15, 0.2) is 0 Å². The van der Waals surface area contributed by atoms with E-state index in [9.17, 15) is 18.0 Å². The van der Waals surface area contributed by atoms with Crippen LogP contribution in [0.3, 0.4) is 0 Å². The molecule has 0 fully saturated rings. The lowest BCUT2D eigenvalue weighted by atomic mass is 9.86. The quantitative estimate of drug-likeness (QED) is 0.0864. The molecular formula is C39H53N5O8S.